The van der Waals surface area contributed by atoms with Crippen LogP contribution in [-0.4, -0.2) is 11.1 Å². The Balaban J connectivity index is 3.26. The monoisotopic (exact) mass is 301 g/mol. The van der Waals surface area contributed by atoms with E-state index < -0.39 is 5.97 Å². The zero-order valence-corrected chi connectivity index (χ0v) is 9.70. The molecular weight excluding hydrogens is 293 g/mol. The summed E-state index contributed by atoms with van der Waals surface area (Å²) in [4.78, 5) is 10.5. The van der Waals surface area contributed by atoms with Gasteiger partial charge >= 0.3 is 5.97 Å². The summed E-state index contributed by atoms with van der Waals surface area (Å²) in [6.45, 7) is 1.83. The van der Waals surface area contributed by atoms with Crippen molar-refractivity contribution < 1.29 is 9.90 Å². The third kappa shape index (κ3) is 2.23. The van der Waals surface area contributed by atoms with Crippen LogP contribution in [0.15, 0.2) is 12.1 Å². The molecule has 0 radical (unpaired) electrons. The molecule has 0 aromatic heterocycles. The molecule has 0 aliphatic rings. The van der Waals surface area contributed by atoms with Crippen molar-refractivity contribution in [1.82, 2.24) is 0 Å². The van der Waals surface area contributed by atoms with Gasteiger partial charge in [0.25, 0.3) is 0 Å². The van der Waals surface area contributed by atoms with E-state index in [0.29, 0.717) is 11.1 Å². The van der Waals surface area contributed by atoms with E-state index in [0.717, 1.165) is 9.13 Å². The van der Waals surface area contributed by atoms with Gasteiger partial charge in [0, 0.05) is 3.57 Å². The van der Waals surface area contributed by atoms with Crippen molar-refractivity contribution in [3.8, 4) is 6.07 Å². The third-order valence-electron chi connectivity index (χ3n) is 1.94. The summed E-state index contributed by atoms with van der Waals surface area (Å²) in [6, 6.07) is 5.57. The van der Waals surface area contributed by atoms with Gasteiger partial charge in [-0.05, 0) is 46.7 Å². The number of nitriles is 1. The number of halogens is 1. The standard InChI is InChI=1S/C10H8INO2/c1-6-8(5-12)7(4-10(13)14)2-3-9(6)11/h2-3H,4H2,1H3,(H,13,14). The van der Waals surface area contributed by atoms with Crippen molar-refractivity contribution in [1.29, 1.82) is 5.26 Å². The van der Waals surface area contributed by atoms with Crippen molar-refractivity contribution in [2.45, 2.75) is 13.3 Å². The molecule has 0 bridgehead atoms. The summed E-state index contributed by atoms with van der Waals surface area (Å²) in [6.07, 6.45) is -0.0966. The molecule has 0 aliphatic heterocycles. The average Bonchev–Trinajstić information content (AvgIpc) is 2.11. The Bertz CT molecular complexity index is 421. The Morgan fingerprint density at radius 2 is 2.29 bits per heavy atom. The number of nitrogens with zero attached hydrogens (tertiary/aromatic N) is 1. The van der Waals surface area contributed by atoms with Crippen LogP contribution in [0.25, 0.3) is 0 Å². The van der Waals surface area contributed by atoms with E-state index in [1.54, 1.807) is 6.07 Å². The number of rotatable bonds is 2. The fraction of sp³-hybridized carbons (Fsp3) is 0.200. The van der Waals surface area contributed by atoms with E-state index in [-0.39, 0.29) is 6.42 Å². The van der Waals surface area contributed by atoms with Gasteiger partial charge in [-0.1, -0.05) is 6.07 Å². The lowest BCUT2D eigenvalue weighted by atomic mass is 10.0. The molecule has 1 N–H and O–H groups in total. The topological polar surface area (TPSA) is 61.1 Å². The lowest BCUT2D eigenvalue weighted by Gasteiger charge is -2.05. The van der Waals surface area contributed by atoms with Gasteiger partial charge in [-0.3, -0.25) is 4.79 Å². The molecule has 1 aromatic rings. The minimum absolute atomic E-state index is 0.0966. The smallest absolute Gasteiger partial charge is 0.307 e. The van der Waals surface area contributed by atoms with Crippen molar-refractivity contribution in [3.05, 3.63) is 32.4 Å². The number of hydrogen-bond acceptors (Lipinski definition) is 2. The average molecular weight is 301 g/mol. The number of carbonyl (C=O) groups is 1. The predicted octanol–water partition coefficient (Wildman–Crippen LogP) is 2.10. The second-order valence-corrected chi connectivity index (χ2v) is 4.05. The van der Waals surface area contributed by atoms with Crippen LogP contribution in [0, 0.1) is 21.8 Å². The molecule has 0 fully saturated rings. The van der Waals surface area contributed by atoms with E-state index in [9.17, 15) is 4.79 Å². The Labute approximate surface area is 95.5 Å². The first-order valence-electron chi connectivity index (χ1n) is 3.96. The van der Waals surface area contributed by atoms with Crippen molar-refractivity contribution in [2.75, 3.05) is 0 Å². The minimum atomic E-state index is -0.915. The van der Waals surface area contributed by atoms with Gasteiger partial charge in [0.05, 0.1) is 18.1 Å². The summed E-state index contributed by atoms with van der Waals surface area (Å²) in [5.41, 5.74) is 1.92. The highest BCUT2D eigenvalue weighted by Crippen LogP contribution is 2.19. The van der Waals surface area contributed by atoms with E-state index in [1.807, 2.05) is 19.1 Å². The molecule has 0 spiro atoms. The second-order valence-electron chi connectivity index (χ2n) is 2.89. The van der Waals surface area contributed by atoms with E-state index in [4.69, 9.17) is 10.4 Å². The quantitative estimate of drug-likeness (QED) is 0.851. The Morgan fingerprint density at radius 1 is 1.64 bits per heavy atom. The van der Waals surface area contributed by atoms with Gasteiger partial charge in [-0.2, -0.15) is 5.26 Å². The first-order chi connectivity index (χ1) is 6.56. The molecule has 0 atom stereocenters. The third-order valence-corrected chi connectivity index (χ3v) is 3.11. The van der Waals surface area contributed by atoms with E-state index in [1.165, 1.54) is 0 Å². The summed E-state index contributed by atoms with van der Waals surface area (Å²) in [7, 11) is 0. The zero-order valence-electron chi connectivity index (χ0n) is 7.54. The summed E-state index contributed by atoms with van der Waals surface area (Å²) in [5, 5.41) is 17.5. The van der Waals surface area contributed by atoms with Crippen LogP contribution in [0.2, 0.25) is 0 Å². The molecular formula is C10H8INO2. The Hall–Kier alpha value is -1.09. The Kier molecular flexibility index (Phi) is 3.47. The van der Waals surface area contributed by atoms with Crippen LogP contribution in [0.3, 0.4) is 0 Å². The second kappa shape index (κ2) is 4.42. The largest absolute Gasteiger partial charge is 0.481 e. The molecule has 0 aliphatic carbocycles. The van der Waals surface area contributed by atoms with Gasteiger partial charge in [0.2, 0.25) is 0 Å². The maximum absolute atomic E-state index is 10.5. The summed E-state index contributed by atoms with van der Waals surface area (Å²) < 4.78 is 0.980. The SMILES string of the molecule is Cc1c(I)ccc(CC(=O)O)c1C#N. The molecule has 14 heavy (non-hydrogen) atoms. The molecule has 0 amide bonds. The molecule has 0 saturated heterocycles. The number of carboxylic acid groups (broad SMARTS) is 1. The highest BCUT2D eigenvalue weighted by molar-refractivity contribution is 14.1. The fourth-order valence-electron chi connectivity index (χ4n) is 1.21. The highest BCUT2D eigenvalue weighted by atomic mass is 127. The Morgan fingerprint density at radius 3 is 2.79 bits per heavy atom. The summed E-state index contributed by atoms with van der Waals surface area (Å²) >= 11 is 2.13. The minimum Gasteiger partial charge on any atom is -0.481 e. The van der Waals surface area contributed by atoms with E-state index in [2.05, 4.69) is 22.6 Å². The van der Waals surface area contributed by atoms with E-state index >= 15 is 0 Å². The number of hydrogen-bond donors (Lipinski definition) is 1. The van der Waals surface area contributed by atoms with Crippen LogP contribution in [0.5, 0.6) is 0 Å². The van der Waals surface area contributed by atoms with Crippen LogP contribution in [-0.2, 0) is 11.2 Å². The highest BCUT2D eigenvalue weighted by Gasteiger charge is 2.10. The molecule has 1 aromatic carbocycles. The zero-order chi connectivity index (χ0) is 10.7. The van der Waals surface area contributed by atoms with Crippen LogP contribution in [0.4, 0.5) is 0 Å². The molecule has 0 unspecified atom stereocenters. The number of benzene rings is 1. The van der Waals surface area contributed by atoms with Gasteiger partial charge in [0.15, 0.2) is 0 Å². The lowest BCUT2D eigenvalue weighted by molar-refractivity contribution is -0.136. The molecule has 72 valence electrons. The van der Waals surface area contributed by atoms with Crippen LogP contribution < -0.4 is 0 Å². The van der Waals surface area contributed by atoms with Gasteiger partial charge in [0.1, 0.15) is 0 Å². The molecule has 0 heterocycles. The van der Waals surface area contributed by atoms with Crippen molar-refractivity contribution in [3.63, 3.8) is 0 Å². The number of carboxylic acids is 1. The van der Waals surface area contributed by atoms with Crippen LogP contribution >= 0.6 is 22.6 Å². The first kappa shape index (κ1) is 11.0. The maximum atomic E-state index is 10.5. The van der Waals surface area contributed by atoms with Gasteiger partial charge < -0.3 is 5.11 Å². The maximum Gasteiger partial charge on any atom is 0.307 e. The number of aliphatic carboxylic acids is 1. The lowest BCUT2D eigenvalue weighted by Crippen LogP contribution is -2.04. The summed E-state index contributed by atoms with van der Waals surface area (Å²) in [5.74, 6) is -0.915. The van der Waals surface area contributed by atoms with Gasteiger partial charge in [-0.25, -0.2) is 0 Å². The van der Waals surface area contributed by atoms with Crippen LogP contribution in [0.1, 0.15) is 16.7 Å². The molecule has 1 rings (SSSR count). The molecule has 0 saturated carbocycles. The van der Waals surface area contributed by atoms with Crippen molar-refractivity contribution >= 4 is 28.6 Å². The molecule has 3 nitrogen and oxygen atoms in total. The molecule has 4 heteroatoms. The fourth-order valence-corrected chi connectivity index (χ4v) is 1.66. The predicted molar refractivity (Wildman–Crippen MR) is 60.0 cm³/mol. The van der Waals surface area contributed by atoms with Gasteiger partial charge in [-0.15, -0.1) is 0 Å². The van der Waals surface area contributed by atoms with Crippen molar-refractivity contribution in [2.24, 2.45) is 0 Å². The first-order valence-corrected chi connectivity index (χ1v) is 5.04. The normalized spacial score (nSPS) is 9.50.